The SMILES string of the molecule is CC1(CCCCCO)O[C@@]1(C)CCCOCCO. The number of aliphatic hydroxyl groups is 2. The van der Waals surface area contributed by atoms with Gasteiger partial charge in [0.05, 0.1) is 24.4 Å². The molecule has 0 radical (unpaired) electrons. The molecule has 1 heterocycles. The molecule has 1 fully saturated rings. The van der Waals surface area contributed by atoms with Crippen LogP contribution in [0, 0.1) is 0 Å². The Hall–Kier alpha value is -0.160. The first-order valence-electron chi connectivity index (χ1n) is 7.08. The van der Waals surface area contributed by atoms with E-state index in [9.17, 15) is 0 Å². The van der Waals surface area contributed by atoms with Crippen molar-refractivity contribution < 1.29 is 19.7 Å². The lowest BCUT2D eigenvalue weighted by atomic mass is 9.87. The summed E-state index contributed by atoms with van der Waals surface area (Å²) < 4.78 is 11.2. The van der Waals surface area contributed by atoms with E-state index in [2.05, 4.69) is 13.8 Å². The highest BCUT2D eigenvalue weighted by molar-refractivity contribution is 5.09. The molecule has 0 saturated carbocycles. The number of aliphatic hydroxyl groups excluding tert-OH is 2. The summed E-state index contributed by atoms with van der Waals surface area (Å²) in [4.78, 5) is 0. The molecule has 0 aromatic rings. The van der Waals surface area contributed by atoms with Crippen LogP contribution in [0.1, 0.15) is 52.4 Å². The Morgan fingerprint density at radius 1 is 0.833 bits per heavy atom. The summed E-state index contributed by atoms with van der Waals surface area (Å²) in [5.41, 5.74) is 0.00816. The molecule has 0 spiro atoms. The Labute approximate surface area is 110 Å². The topological polar surface area (TPSA) is 62.2 Å². The van der Waals surface area contributed by atoms with Gasteiger partial charge in [-0.3, -0.25) is 0 Å². The molecule has 18 heavy (non-hydrogen) atoms. The minimum absolute atomic E-state index is 0.00517. The molecule has 0 aromatic heterocycles. The Morgan fingerprint density at radius 2 is 1.50 bits per heavy atom. The van der Waals surface area contributed by atoms with Crippen LogP contribution in [0.5, 0.6) is 0 Å². The van der Waals surface area contributed by atoms with Crippen LogP contribution in [-0.2, 0) is 9.47 Å². The first kappa shape index (κ1) is 15.9. The maximum atomic E-state index is 8.74. The van der Waals surface area contributed by atoms with Crippen LogP contribution in [0.4, 0.5) is 0 Å². The second-order valence-electron chi connectivity index (χ2n) is 5.54. The number of hydrogen-bond donors (Lipinski definition) is 2. The molecule has 1 saturated heterocycles. The third-order valence-corrected chi connectivity index (χ3v) is 4.02. The maximum absolute atomic E-state index is 8.74. The quantitative estimate of drug-likeness (QED) is 0.440. The van der Waals surface area contributed by atoms with Crippen molar-refractivity contribution in [2.24, 2.45) is 0 Å². The molecule has 0 bridgehead atoms. The van der Waals surface area contributed by atoms with Gasteiger partial charge in [-0.25, -0.2) is 0 Å². The summed E-state index contributed by atoms with van der Waals surface area (Å²) in [7, 11) is 0. The van der Waals surface area contributed by atoms with Gasteiger partial charge in [-0.05, 0) is 39.5 Å². The van der Waals surface area contributed by atoms with E-state index in [0.717, 1.165) is 38.5 Å². The van der Waals surface area contributed by atoms with Crippen molar-refractivity contribution >= 4 is 0 Å². The van der Waals surface area contributed by atoms with Gasteiger partial charge in [0.2, 0.25) is 0 Å². The standard InChI is InChI=1S/C14H28O4/c1-13(7-4-3-5-9-15)14(2,18-13)8-6-11-17-12-10-16/h15-16H,3-12H2,1-2H3/t13?,14-/m0/s1. The molecule has 0 aromatic carbocycles. The van der Waals surface area contributed by atoms with Crippen molar-refractivity contribution in [1.82, 2.24) is 0 Å². The molecule has 0 aliphatic carbocycles. The highest BCUT2D eigenvalue weighted by Gasteiger charge is 2.61. The van der Waals surface area contributed by atoms with Crippen molar-refractivity contribution in [3.63, 3.8) is 0 Å². The monoisotopic (exact) mass is 260 g/mol. The van der Waals surface area contributed by atoms with Gasteiger partial charge >= 0.3 is 0 Å². The van der Waals surface area contributed by atoms with E-state index in [1.54, 1.807) is 0 Å². The predicted molar refractivity (Wildman–Crippen MR) is 70.6 cm³/mol. The van der Waals surface area contributed by atoms with Crippen LogP contribution in [0.2, 0.25) is 0 Å². The summed E-state index contributed by atoms with van der Waals surface area (Å²) in [6, 6.07) is 0. The lowest BCUT2D eigenvalue weighted by Crippen LogP contribution is -2.20. The van der Waals surface area contributed by atoms with Crippen LogP contribution in [-0.4, -0.2) is 47.8 Å². The van der Waals surface area contributed by atoms with E-state index < -0.39 is 0 Å². The van der Waals surface area contributed by atoms with Crippen LogP contribution < -0.4 is 0 Å². The van der Waals surface area contributed by atoms with Crippen LogP contribution in [0.3, 0.4) is 0 Å². The molecule has 2 N–H and O–H groups in total. The molecular weight excluding hydrogens is 232 g/mol. The largest absolute Gasteiger partial charge is 0.396 e. The molecule has 4 heteroatoms. The molecule has 1 aliphatic rings. The predicted octanol–water partition coefficient (Wildman–Crippen LogP) is 1.88. The Kier molecular flexibility index (Phi) is 6.57. The van der Waals surface area contributed by atoms with Crippen LogP contribution >= 0.6 is 0 Å². The fraction of sp³-hybridized carbons (Fsp3) is 1.00. The fourth-order valence-corrected chi connectivity index (χ4v) is 2.53. The zero-order chi connectivity index (χ0) is 13.5. The highest BCUT2D eigenvalue weighted by Crippen LogP contribution is 2.53. The number of ether oxygens (including phenoxy) is 2. The minimum atomic E-state index is -0.00517. The van der Waals surface area contributed by atoms with Crippen LogP contribution in [0.15, 0.2) is 0 Å². The fourth-order valence-electron chi connectivity index (χ4n) is 2.53. The summed E-state index contributed by atoms with van der Waals surface area (Å²) >= 11 is 0. The number of unbranched alkanes of at least 4 members (excludes halogenated alkanes) is 2. The Morgan fingerprint density at radius 3 is 2.11 bits per heavy atom. The second-order valence-corrected chi connectivity index (χ2v) is 5.54. The Bertz CT molecular complexity index is 234. The Balaban J connectivity index is 2.10. The average molecular weight is 260 g/mol. The van der Waals surface area contributed by atoms with E-state index in [-0.39, 0.29) is 24.4 Å². The second kappa shape index (κ2) is 7.43. The van der Waals surface area contributed by atoms with E-state index in [1.165, 1.54) is 0 Å². The summed E-state index contributed by atoms with van der Waals surface area (Å²) in [6.07, 6.45) is 6.14. The van der Waals surface area contributed by atoms with Gasteiger partial charge in [0.25, 0.3) is 0 Å². The third kappa shape index (κ3) is 4.50. The normalized spacial score (nSPS) is 30.7. The zero-order valence-electron chi connectivity index (χ0n) is 11.8. The molecular formula is C14H28O4. The van der Waals surface area contributed by atoms with Gasteiger partial charge in [-0.2, -0.15) is 0 Å². The van der Waals surface area contributed by atoms with E-state index in [1.807, 2.05) is 0 Å². The van der Waals surface area contributed by atoms with E-state index in [0.29, 0.717) is 13.2 Å². The van der Waals surface area contributed by atoms with Crippen molar-refractivity contribution in [2.75, 3.05) is 26.4 Å². The third-order valence-electron chi connectivity index (χ3n) is 4.02. The van der Waals surface area contributed by atoms with Gasteiger partial charge in [0, 0.05) is 13.2 Å². The summed E-state index contributed by atoms with van der Waals surface area (Å²) in [6.45, 7) is 5.86. The molecule has 0 amide bonds. The molecule has 2 atom stereocenters. The number of hydrogen-bond acceptors (Lipinski definition) is 4. The summed E-state index contributed by atoms with van der Waals surface area (Å²) in [5.74, 6) is 0. The van der Waals surface area contributed by atoms with Gasteiger partial charge in [0.1, 0.15) is 0 Å². The molecule has 1 rings (SSSR count). The minimum Gasteiger partial charge on any atom is -0.396 e. The van der Waals surface area contributed by atoms with E-state index >= 15 is 0 Å². The molecule has 108 valence electrons. The van der Waals surface area contributed by atoms with Gasteiger partial charge in [-0.1, -0.05) is 12.8 Å². The van der Waals surface area contributed by atoms with Gasteiger partial charge < -0.3 is 19.7 Å². The van der Waals surface area contributed by atoms with Gasteiger partial charge in [-0.15, -0.1) is 0 Å². The number of epoxide rings is 1. The van der Waals surface area contributed by atoms with E-state index in [4.69, 9.17) is 19.7 Å². The maximum Gasteiger partial charge on any atom is 0.0950 e. The highest BCUT2D eigenvalue weighted by atomic mass is 16.6. The van der Waals surface area contributed by atoms with Crippen molar-refractivity contribution in [3.8, 4) is 0 Å². The molecule has 1 unspecified atom stereocenters. The first-order valence-corrected chi connectivity index (χ1v) is 7.08. The van der Waals surface area contributed by atoms with Crippen molar-refractivity contribution in [2.45, 2.75) is 63.6 Å². The zero-order valence-corrected chi connectivity index (χ0v) is 11.8. The van der Waals surface area contributed by atoms with Crippen LogP contribution in [0.25, 0.3) is 0 Å². The average Bonchev–Trinajstić information content (AvgIpc) is 2.88. The lowest BCUT2D eigenvalue weighted by Gasteiger charge is -2.12. The first-order chi connectivity index (χ1) is 8.58. The van der Waals surface area contributed by atoms with Gasteiger partial charge in [0.15, 0.2) is 0 Å². The summed E-state index contributed by atoms with van der Waals surface area (Å²) in [5, 5.41) is 17.3. The smallest absolute Gasteiger partial charge is 0.0950 e. The lowest BCUT2D eigenvalue weighted by molar-refractivity contribution is 0.0865. The number of rotatable bonds is 11. The van der Waals surface area contributed by atoms with Crippen molar-refractivity contribution in [1.29, 1.82) is 0 Å². The molecule has 1 aliphatic heterocycles. The molecule has 4 nitrogen and oxygen atoms in total. The van der Waals surface area contributed by atoms with Crippen molar-refractivity contribution in [3.05, 3.63) is 0 Å².